The van der Waals surface area contributed by atoms with Crippen molar-refractivity contribution in [2.75, 3.05) is 20.2 Å². The SMILES string of the molecule is COC(=O)[C@@H]1C[C@@H](OC(F)F)CN1C(=O)CNC(=O)c1ccc(Oc2ccccc2)c(C)c1. The van der Waals surface area contributed by atoms with Crippen LogP contribution in [0.2, 0.25) is 0 Å². The molecule has 0 radical (unpaired) electrons. The number of carbonyl (C=O) groups excluding carboxylic acids is 3. The average molecular weight is 462 g/mol. The Bertz CT molecular complexity index is 1000. The van der Waals surface area contributed by atoms with Gasteiger partial charge in [-0.05, 0) is 42.8 Å². The molecule has 1 N–H and O–H groups in total. The number of nitrogens with one attached hydrogen (secondary N) is 1. The number of methoxy groups -OCH3 is 1. The highest BCUT2D eigenvalue weighted by Crippen LogP contribution is 2.26. The predicted molar refractivity (Wildman–Crippen MR) is 113 cm³/mol. The summed E-state index contributed by atoms with van der Waals surface area (Å²) in [5.41, 5.74) is 1.03. The molecule has 0 spiro atoms. The molecule has 3 rings (SSSR count). The Morgan fingerprint density at radius 1 is 1.15 bits per heavy atom. The van der Waals surface area contributed by atoms with E-state index in [1.165, 1.54) is 0 Å². The lowest BCUT2D eigenvalue weighted by Crippen LogP contribution is -2.46. The van der Waals surface area contributed by atoms with Gasteiger partial charge < -0.3 is 24.4 Å². The summed E-state index contributed by atoms with van der Waals surface area (Å²) in [5, 5.41) is 2.49. The molecule has 0 saturated carbocycles. The van der Waals surface area contributed by atoms with Crippen molar-refractivity contribution < 1.29 is 37.4 Å². The van der Waals surface area contributed by atoms with E-state index in [0.29, 0.717) is 17.1 Å². The van der Waals surface area contributed by atoms with Crippen molar-refractivity contribution in [1.29, 1.82) is 0 Å². The van der Waals surface area contributed by atoms with Gasteiger partial charge in [0.25, 0.3) is 5.91 Å². The van der Waals surface area contributed by atoms with Crippen LogP contribution in [-0.2, 0) is 19.1 Å². The number of likely N-dealkylation sites (tertiary alicyclic amines) is 1. The van der Waals surface area contributed by atoms with Gasteiger partial charge in [0.15, 0.2) is 0 Å². The van der Waals surface area contributed by atoms with Crippen LogP contribution in [0, 0.1) is 6.92 Å². The largest absolute Gasteiger partial charge is 0.467 e. The maximum atomic E-state index is 12.6. The van der Waals surface area contributed by atoms with Gasteiger partial charge >= 0.3 is 12.6 Å². The molecular weight excluding hydrogens is 438 g/mol. The summed E-state index contributed by atoms with van der Waals surface area (Å²) in [5.74, 6) is -0.619. The third kappa shape index (κ3) is 6.26. The highest BCUT2D eigenvalue weighted by atomic mass is 19.3. The van der Waals surface area contributed by atoms with E-state index < -0.39 is 43.1 Å². The zero-order chi connectivity index (χ0) is 24.0. The molecule has 1 aliphatic heterocycles. The first-order valence-electron chi connectivity index (χ1n) is 10.2. The number of nitrogens with zero attached hydrogens (tertiary/aromatic N) is 1. The van der Waals surface area contributed by atoms with E-state index in [2.05, 4.69) is 14.8 Å². The number of aryl methyl sites for hydroxylation is 1. The van der Waals surface area contributed by atoms with Crippen molar-refractivity contribution in [3.8, 4) is 11.5 Å². The number of esters is 1. The number of benzene rings is 2. The van der Waals surface area contributed by atoms with E-state index in [4.69, 9.17) is 4.74 Å². The van der Waals surface area contributed by atoms with Crippen LogP contribution in [-0.4, -0.2) is 61.6 Å². The molecule has 176 valence electrons. The fourth-order valence-electron chi connectivity index (χ4n) is 3.56. The zero-order valence-electron chi connectivity index (χ0n) is 18.1. The topological polar surface area (TPSA) is 94.2 Å². The first-order chi connectivity index (χ1) is 15.8. The molecule has 1 aliphatic rings. The first kappa shape index (κ1) is 24.1. The Labute approximate surface area is 189 Å². The minimum absolute atomic E-state index is 0.112. The Morgan fingerprint density at radius 3 is 2.52 bits per heavy atom. The standard InChI is InChI=1S/C23H24F2N2O6/c1-14-10-15(8-9-19(14)32-16-6-4-3-5-7-16)21(29)26-12-20(28)27-13-17(33-23(24)25)11-18(27)22(30)31-2/h3-10,17-18,23H,11-13H2,1-2H3,(H,26,29)/t17-,18+/m1/s1. The van der Waals surface area contributed by atoms with Crippen LogP contribution in [0.4, 0.5) is 8.78 Å². The van der Waals surface area contributed by atoms with Crippen molar-refractivity contribution in [2.45, 2.75) is 32.1 Å². The third-order valence-corrected chi connectivity index (χ3v) is 5.16. The van der Waals surface area contributed by atoms with Gasteiger partial charge in [-0.2, -0.15) is 8.78 Å². The number of alkyl halides is 2. The van der Waals surface area contributed by atoms with Crippen molar-refractivity contribution in [2.24, 2.45) is 0 Å². The van der Waals surface area contributed by atoms with Gasteiger partial charge in [0.1, 0.15) is 17.5 Å². The molecule has 2 aromatic rings. The van der Waals surface area contributed by atoms with E-state index in [9.17, 15) is 23.2 Å². The average Bonchev–Trinajstić information content (AvgIpc) is 3.22. The van der Waals surface area contributed by atoms with Crippen molar-refractivity contribution >= 4 is 17.8 Å². The highest BCUT2D eigenvalue weighted by Gasteiger charge is 2.41. The lowest BCUT2D eigenvalue weighted by molar-refractivity contribution is -0.160. The minimum atomic E-state index is -3.03. The second kappa shape index (κ2) is 10.9. The van der Waals surface area contributed by atoms with Crippen LogP contribution in [0.1, 0.15) is 22.3 Å². The zero-order valence-corrected chi connectivity index (χ0v) is 18.1. The molecule has 8 nitrogen and oxygen atoms in total. The number of amides is 2. The van der Waals surface area contributed by atoms with E-state index in [1.54, 1.807) is 25.1 Å². The summed E-state index contributed by atoms with van der Waals surface area (Å²) in [6.45, 7) is -1.87. The first-order valence-corrected chi connectivity index (χ1v) is 10.2. The molecule has 2 atom stereocenters. The molecule has 33 heavy (non-hydrogen) atoms. The maximum Gasteiger partial charge on any atom is 0.345 e. The third-order valence-electron chi connectivity index (χ3n) is 5.16. The molecular formula is C23H24F2N2O6. The van der Waals surface area contributed by atoms with Gasteiger partial charge in [0, 0.05) is 18.5 Å². The molecule has 1 heterocycles. The quantitative estimate of drug-likeness (QED) is 0.607. The number of ether oxygens (including phenoxy) is 3. The Kier molecular flexibility index (Phi) is 7.94. The van der Waals surface area contributed by atoms with Gasteiger partial charge in [-0.25, -0.2) is 4.79 Å². The highest BCUT2D eigenvalue weighted by molar-refractivity contribution is 5.97. The molecule has 10 heteroatoms. The second-order valence-electron chi connectivity index (χ2n) is 7.42. The Balaban J connectivity index is 1.60. The number of halogens is 2. The number of carbonyl (C=O) groups is 3. The van der Waals surface area contributed by atoms with Gasteiger partial charge in [-0.3, -0.25) is 9.59 Å². The van der Waals surface area contributed by atoms with E-state index in [1.807, 2.05) is 30.3 Å². The fraction of sp³-hybridized carbons (Fsp3) is 0.348. The summed E-state index contributed by atoms with van der Waals surface area (Å²) in [6, 6.07) is 13.0. The van der Waals surface area contributed by atoms with Crippen LogP contribution in [0.3, 0.4) is 0 Å². The lowest BCUT2D eigenvalue weighted by atomic mass is 10.1. The summed E-state index contributed by atoms with van der Waals surface area (Å²) in [4.78, 5) is 38.2. The number of rotatable bonds is 8. The smallest absolute Gasteiger partial charge is 0.345 e. The summed E-state index contributed by atoms with van der Waals surface area (Å²) >= 11 is 0. The molecule has 1 fully saturated rings. The van der Waals surface area contributed by atoms with Gasteiger partial charge in [-0.15, -0.1) is 0 Å². The van der Waals surface area contributed by atoms with Gasteiger partial charge in [0.05, 0.1) is 19.8 Å². The molecule has 2 aromatic carbocycles. The van der Waals surface area contributed by atoms with Crippen LogP contribution in [0.15, 0.2) is 48.5 Å². The Hall–Kier alpha value is -3.53. The molecule has 0 bridgehead atoms. The fourth-order valence-corrected chi connectivity index (χ4v) is 3.56. The van der Waals surface area contributed by atoms with Crippen molar-refractivity contribution in [3.63, 3.8) is 0 Å². The number of para-hydroxylation sites is 1. The maximum absolute atomic E-state index is 12.6. The molecule has 2 amide bonds. The van der Waals surface area contributed by atoms with Crippen LogP contribution in [0.25, 0.3) is 0 Å². The van der Waals surface area contributed by atoms with Crippen molar-refractivity contribution in [1.82, 2.24) is 10.2 Å². The molecule has 0 aromatic heterocycles. The number of hydrogen-bond donors (Lipinski definition) is 1. The summed E-state index contributed by atoms with van der Waals surface area (Å²) in [7, 11) is 1.14. The van der Waals surface area contributed by atoms with Crippen LogP contribution < -0.4 is 10.1 Å². The molecule has 1 saturated heterocycles. The second-order valence-corrected chi connectivity index (χ2v) is 7.42. The van der Waals surface area contributed by atoms with Crippen LogP contribution in [0.5, 0.6) is 11.5 Å². The van der Waals surface area contributed by atoms with Crippen molar-refractivity contribution in [3.05, 3.63) is 59.7 Å². The summed E-state index contributed by atoms with van der Waals surface area (Å²) < 4.78 is 40.0. The Morgan fingerprint density at radius 2 is 1.88 bits per heavy atom. The number of hydrogen-bond acceptors (Lipinski definition) is 6. The van der Waals surface area contributed by atoms with Gasteiger partial charge in [-0.1, -0.05) is 18.2 Å². The van der Waals surface area contributed by atoms with E-state index in [0.717, 1.165) is 17.6 Å². The molecule has 0 unspecified atom stereocenters. The summed E-state index contributed by atoms with van der Waals surface area (Å²) in [6.07, 6.45) is -1.12. The lowest BCUT2D eigenvalue weighted by Gasteiger charge is -2.22. The minimum Gasteiger partial charge on any atom is -0.467 e. The van der Waals surface area contributed by atoms with E-state index in [-0.39, 0.29) is 13.0 Å². The van der Waals surface area contributed by atoms with E-state index >= 15 is 0 Å². The molecule has 0 aliphatic carbocycles. The predicted octanol–water partition coefficient (Wildman–Crippen LogP) is 2.90. The van der Waals surface area contributed by atoms with Crippen LogP contribution >= 0.6 is 0 Å². The monoisotopic (exact) mass is 462 g/mol. The van der Waals surface area contributed by atoms with Gasteiger partial charge in [0.2, 0.25) is 5.91 Å². The normalized spacial score (nSPS) is 17.7.